The molecular weight excluding hydrogens is 257 g/mol. The first-order chi connectivity index (χ1) is 8.85. The second kappa shape index (κ2) is 6.56. The third-order valence-electron chi connectivity index (χ3n) is 2.66. The predicted molar refractivity (Wildman–Crippen MR) is 66.9 cm³/mol. The highest BCUT2D eigenvalue weighted by Gasteiger charge is 2.20. The fourth-order valence-corrected chi connectivity index (χ4v) is 1.76. The van der Waals surface area contributed by atoms with E-state index in [0.717, 1.165) is 6.07 Å². The van der Waals surface area contributed by atoms with Gasteiger partial charge in [-0.05, 0) is 12.3 Å². The van der Waals surface area contributed by atoms with Crippen molar-refractivity contribution in [2.45, 2.75) is 20.3 Å². The van der Waals surface area contributed by atoms with E-state index in [9.17, 15) is 18.0 Å². The minimum atomic E-state index is -1.34. The summed E-state index contributed by atoms with van der Waals surface area (Å²) in [5.74, 6) is -4.42. The van der Waals surface area contributed by atoms with Gasteiger partial charge in [-0.2, -0.15) is 0 Å². The molecule has 1 atom stereocenters. The number of nitrogens with two attached hydrogens (primary N) is 1. The first-order valence-electron chi connectivity index (χ1n) is 6.00. The lowest BCUT2D eigenvalue weighted by atomic mass is 9.96. The van der Waals surface area contributed by atoms with Gasteiger partial charge in [0.25, 0.3) is 0 Å². The molecule has 3 nitrogen and oxygen atoms in total. The smallest absolute Gasteiger partial charge is 0.228 e. The molecule has 1 aromatic carbocycles. The zero-order valence-electron chi connectivity index (χ0n) is 10.8. The average molecular weight is 274 g/mol. The molecular formula is C13H17F3N2O. The highest BCUT2D eigenvalue weighted by molar-refractivity contribution is 5.92. The number of amides is 1. The van der Waals surface area contributed by atoms with Crippen LogP contribution in [0.1, 0.15) is 20.3 Å². The van der Waals surface area contributed by atoms with E-state index in [2.05, 4.69) is 5.32 Å². The van der Waals surface area contributed by atoms with E-state index in [4.69, 9.17) is 5.73 Å². The van der Waals surface area contributed by atoms with Crippen LogP contribution in [0, 0.1) is 29.3 Å². The van der Waals surface area contributed by atoms with Crippen molar-refractivity contribution in [3.8, 4) is 0 Å². The Morgan fingerprint density at radius 2 is 1.95 bits per heavy atom. The van der Waals surface area contributed by atoms with Crippen LogP contribution < -0.4 is 11.1 Å². The van der Waals surface area contributed by atoms with E-state index in [1.807, 2.05) is 13.8 Å². The molecule has 0 saturated heterocycles. The zero-order chi connectivity index (χ0) is 14.6. The van der Waals surface area contributed by atoms with Gasteiger partial charge in [-0.1, -0.05) is 13.8 Å². The van der Waals surface area contributed by atoms with Crippen LogP contribution in [-0.2, 0) is 4.79 Å². The summed E-state index contributed by atoms with van der Waals surface area (Å²) in [5, 5.41) is 2.17. The molecule has 0 radical (unpaired) electrons. The van der Waals surface area contributed by atoms with Crippen LogP contribution in [0.2, 0.25) is 0 Å². The molecule has 0 bridgehead atoms. The summed E-state index contributed by atoms with van der Waals surface area (Å²) in [6.45, 7) is 3.92. The van der Waals surface area contributed by atoms with Crippen molar-refractivity contribution in [2.75, 3.05) is 11.9 Å². The highest BCUT2D eigenvalue weighted by Crippen LogP contribution is 2.21. The van der Waals surface area contributed by atoms with Gasteiger partial charge in [-0.15, -0.1) is 0 Å². The normalized spacial score (nSPS) is 12.6. The van der Waals surface area contributed by atoms with Crippen molar-refractivity contribution in [3.05, 3.63) is 29.6 Å². The number of nitrogens with one attached hydrogen (secondary N) is 1. The molecule has 1 unspecified atom stereocenters. The van der Waals surface area contributed by atoms with Gasteiger partial charge in [0.05, 0.1) is 11.6 Å². The molecule has 0 spiro atoms. The predicted octanol–water partition coefficient (Wildman–Crippen LogP) is 2.66. The SMILES string of the molecule is CC(C)CC(CN)C(=O)Nc1cc(F)cc(F)c1F. The van der Waals surface area contributed by atoms with Crippen LogP contribution in [0.4, 0.5) is 18.9 Å². The van der Waals surface area contributed by atoms with Gasteiger partial charge >= 0.3 is 0 Å². The van der Waals surface area contributed by atoms with Gasteiger partial charge in [0.15, 0.2) is 11.6 Å². The summed E-state index contributed by atoms with van der Waals surface area (Å²) in [7, 11) is 0. The summed E-state index contributed by atoms with van der Waals surface area (Å²) in [5.41, 5.74) is 4.96. The molecule has 1 aromatic rings. The van der Waals surface area contributed by atoms with Crippen molar-refractivity contribution in [3.63, 3.8) is 0 Å². The molecule has 19 heavy (non-hydrogen) atoms. The molecule has 0 fully saturated rings. The summed E-state index contributed by atoms with van der Waals surface area (Å²) >= 11 is 0. The van der Waals surface area contributed by atoms with Gasteiger partial charge in [0.2, 0.25) is 5.91 Å². The molecule has 0 aliphatic rings. The molecule has 0 aromatic heterocycles. The summed E-state index contributed by atoms with van der Waals surface area (Å²) < 4.78 is 39.3. The molecule has 0 saturated carbocycles. The van der Waals surface area contributed by atoms with Gasteiger partial charge in [0, 0.05) is 18.7 Å². The molecule has 0 aliphatic carbocycles. The maximum atomic E-state index is 13.4. The fourth-order valence-electron chi connectivity index (χ4n) is 1.76. The summed E-state index contributed by atoms with van der Waals surface area (Å²) in [6, 6.07) is 1.15. The van der Waals surface area contributed by atoms with Crippen molar-refractivity contribution < 1.29 is 18.0 Å². The van der Waals surface area contributed by atoms with Crippen LogP contribution in [0.25, 0.3) is 0 Å². The number of carbonyl (C=O) groups excluding carboxylic acids is 1. The van der Waals surface area contributed by atoms with Crippen LogP contribution in [0.5, 0.6) is 0 Å². The molecule has 106 valence electrons. The molecule has 1 rings (SSSR count). The average Bonchev–Trinajstić information content (AvgIpc) is 2.31. The van der Waals surface area contributed by atoms with E-state index in [1.165, 1.54) is 0 Å². The Balaban J connectivity index is 2.86. The zero-order valence-corrected chi connectivity index (χ0v) is 10.8. The first kappa shape index (κ1) is 15.5. The fraction of sp³-hybridized carbons (Fsp3) is 0.462. The Morgan fingerprint density at radius 1 is 1.32 bits per heavy atom. The van der Waals surface area contributed by atoms with E-state index in [-0.39, 0.29) is 12.5 Å². The minimum absolute atomic E-state index is 0.0867. The molecule has 0 heterocycles. The number of anilines is 1. The molecule has 6 heteroatoms. The molecule has 0 aliphatic heterocycles. The lowest BCUT2D eigenvalue weighted by Gasteiger charge is -2.17. The van der Waals surface area contributed by atoms with Crippen molar-refractivity contribution >= 4 is 11.6 Å². The highest BCUT2D eigenvalue weighted by atomic mass is 19.2. The number of carbonyl (C=O) groups is 1. The lowest BCUT2D eigenvalue weighted by molar-refractivity contribution is -0.120. The monoisotopic (exact) mass is 274 g/mol. The summed E-state index contributed by atoms with van der Waals surface area (Å²) in [4.78, 5) is 11.9. The second-order valence-corrected chi connectivity index (χ2v) is 4.80. The standard InChI is InChI=1S/C13H17F3N2O/c1-7(2)3-8(6-17)13(19)18-11-5-9(14)4-10(15)12(11)16/h4-5,7-8H,3,6,17H2,1-2H3,(H,18,19). The Morgan fingerprint density at radius 3 is 2.47 bits per heavy atom. The van der Waals surface area contributed by atoms with E-state index >= 15 is 0 Å². The van der Waals surface area contributed by atoms with Gasteiger partial charge in [-0.25, -0.2) is 13.2 Å². The van der Waals surface area contributed by atoms with Crippen LogP contribution >= 0.6 is 0 Å². The number of hydrogen-bond acceptors (Lipinski definition) is 2. The van der Waals surface area contributed by atoms with Crippen LogP contribution in [0.15, 0.2) is 12.1 Å². The third-order valence-corrected chi connectivity index (χ3v) is 2.66. The van der Waals surface area contributed by atoms with Crippen LogP contribution in [0.3, 0.4) is 0 Å². The van der Waals surface area contributed by atoms with E-state index in [1.54, 1.807) is 0 Å². The molecule has 1 amide bonds. The Kier molecular flexibility index (Phi) is 5.35. The van der Waals surface area contributed by atoms with Gasteiger partial charge in [-0.3, -0.25) is 4.79 Å². The number of halogens is 3. The van der Waals surface area contributed by atoms with Crippen molar-refractivity contribution in [2.24, 2.45) is 17.6 Å². The minimum Gasteiger partial charge on any atom is -0.330 e. The lowest BCUT2D eigenvalue weighted by Crippen LogP contribution is -2.30. The van der Waals surface area contributed by atoms with E-state index < -0.39 is 35.0 Å². The number of hydrogen-bond donors (Lipinski definition) is 2. The van der Waals surface area contributed by atoms with Crippen molar-refractivity contribution in [1.29, 1.82) is 0 Å². The maximum Gasteiger partial charge on any atom is 0.228 e. The number of rotatable bonds is 5. The number of benzene rings is 1. The van der Waals surface area contributed by atoms with Gasteiger partial charge < -0.3 is 11.1 Å². The van der Waals surface area contributed by atoms with Crippen LogP contribution in [-0.4, -0.2) is 12.5 Å². The Hall–Kier alpha value is -1.56. The van der Waals surface area contributed by atoms with Gasteiger partial charge in [0.1, 0.15) is 5.82 Å². The Bertz CT molecular complexity index is 463. The Labute approximate surface area is 110 Å². The third kappa shape index (κ3) is 4.24. The second-order valence-electron chi connectivity index (χ2n) is 4.80. The largest absolute Gasteiger partial charge is 0.330 e. The van der Waals surface area contributed by atoms with Crippen molar-refractivity contribution in [1.82, 2.24) is 0 Å². The van der Waals surface area contributed by atoms with E-state index in [0.29, 0.717) is 12.5 Å². The quantitative estimate of drug-likeness (QED) is 0.811. The summed E-state index contributed by atoms with van der Waals surface area (Å²) in [6.07, 6.45) is 0.516. The topological polar surface area (TPSA) is 55.1 Å². The molecule has 3 N–H and O–H groups in total. The first-order valence-corrected chi connectivity index (χ1v) is 6.00. The maximum absolute atomic E-state index is 13.4.